The van der Waals surface area contributed by atoms with Crippen LogP contribution in [0.5, 0.6) is 0 Å². The highest BCUT2D eigenvalue weighted by Gasteiger charge is 2.26. The van der Waals surface area contributed by atoms with Crippen LogP contribution in [0.1, 0.15) is 30.1 Å². The van der Waals surface area contributed by atoms with E-state index in [1.54, 1.807) is 23.1 Å². The molecule has 0 bridgehead atoms. The lowest BCUT2D eigenvalue weighted by atomic mass is 9.97. The van der Waals surface area contributed by atoms with Crippen molar-refractivity contribution >= 4 is 17.1 Å². The van der Waals surface area contributed by atoms with E-state index in [9.17, 15) is 9.18 Å². The van der Waals surface area contributed by atoms with Gasteiger partial charge in [-0.05, 0) is 31.0 Å². The highest BCUT2D eigenvalue weighted by atomic mass is 19.1. The molecular weight excluding hydrogens is 331 g/mol. The summed E-state index contributed by atoms with van der Waals surface area (Å²) >= 11 is 0. The summed E-state index contributed by atoms with van der Waals surface area (Å²) in [7, 11) is 0. The Balaban J connectivity index is 1.41. The Labute approximate surface area is 151 Å². The lowest BCUT2D eigenvalue weighted by Crippen LogP contribution is -2.44. The van der Waals surface area contributed by atoms with Crippen molar-refractivity contribution in [2.75, 3.05) is 13.1 Å². The van der Waals surface area contributed by atoms with Crippen molar-refractivity contribution in [1.82, 2.24) is 20.2 Å². The van der Waals surface area contributed by atoms with Crippen molar-refractivity contribution in [1.29, 1.82) is 0 Å². The highest BCUT2D eigenvalue weighted by molar-refractivity contribution is 5.75. The minimum absolute atomic E-state index is 0.158. The molecule has 0 saturated carbocycles. The maximum absolute atomic E-state index is 13.7. The van der Waals surface area contributed by atoms with Crippen LogP contribution in [-0.2, 0) is 6.54 Å². The number of halogens is 1. The van der Waals surface area contributed by atoms with Gasteiger partial charge in [0, 0.05) is 31.1 Å². The predicted octanol–water partition coefficient (Wildman–Crippen LogP) is 3.79. The largest absolute Gasteiger partial charge is 0.342 e. The molecule has 2 aromatic carbocycles. The van der Waals surface area contributed by atoms with Gasteiger partial charge in [-0.2, -0.15) is 0 Å². The number of imidazole rings is 1. The SMILES string of the molecule is O=C(NCc1ccccc1F)N1CCCC(c2nc3ccccc3[nH]2)C1. The Hall–Kier alpha value is -2.89. The van der Waals surface area contributed by atoms with Gasteiger partial charge in [0.15, 0.2) is 0 Å². The smallest absolute Gasteiger partial charge is 0.317 e. The van der Waals surface area contributed by atoms with Crippen LogP contribution in [0.3, 0.4) is 0 Å². The van der Waals surface area contributed by atoms with Gasteiger partial charge in [0.1, 0.15) is 11.6 Å². The van der Waals surface area contributed by atoms with E-state index < -0.39 is 0 Å². The van der Waals surface area contributed by atoms with Crippen LogP contribution in [-0.4, -0.2) is 34.0 Å². The number of H-pyrrole nitrogens is 1. The van der Waals surface area contributed by atoms with E-state index in [1.165, 1.54) is 6.07 Å². The molecule has 2 amide bonds. The zero-order valence-electron chi connectivity index (χ0n) is 14.4. The summed E-state index contributed by atoms with van der Waals surface area (Å²) in [5.41, 5.74) is 2.46. The molecule has 2 N–H and O–H groups in total. The quantitative estimate of drug-likeness (QED) is 0.753. The van der Waals surface area contributed by atoms with Gasteiger partial charge < -0.3 is 15.2 Å². The summed E-state index contributed by atoms with van der Waals surface area (Å²) in [4.78, 5) is 22.3. The number of para-hydroxylation sites is 2. The molecule has 0 aliphatic carbocycles. The first kappa shape index (κ1) is 16.6. The van der Waals surface area contributed by atoms with Crippen molar-refractivity contribution in [3.05, 3.63) is 65.7 Å². The fourth-order valence-electron chi connectivity index (χ4n) is 3.48. The number of aromatic nitrogens is 2. The number of amides is 2. The standard InChI is InChI=1S/C20H21FN4O/c21-16-8-2-1-6-14(16)12-22-20(26)25-11-5-7-15(13-25)19-23-17-9-3-4-10-18(17)24-19/h1-4,6,8-10,15H,5,7,11-13H2,(H,22,26)(H,23,24). The summed E-state index contributed by atoms with van der Waals surface area (Å²) in [5, 5.41) is 2.82. The van der Waals surface area contributed by atoms with Crippen LogP contribution < -0.4 is 5.32 Å². The molecule has 1 fully saturated rings. The lowest BCUT2D eigenvalue weighted by Gasteiger charge is -2.31. The van der Waals surface area contributed by atoms with Crippen LogP contribution in [0.2, 0.25) is 0 Å². The fourth-order valence-corrected chi connectivity index (χ4v) is 3.48. The number of aromatic amines is 1. The number of hydrogen-bond donors (Lipinski definition) is 2. The van der Waals surface area contributed by atoms with Crippen molar-refractivity contribution < 1.29 is 9.18 Å². The molecule has 0 radical (unpaired) electrons. The molecule has 2 heterocycles. The number of likely N-dealkylation sites (tertiary alicyclic amines) is 1. The summed E-state index contributed by atoms with van der Waals surface area (Å²) in [6.45, 7) is 1.51. The number of urea groups is 1. The van der Waals surface area contributed by atoms with E-state index in [0.717, 1.165) is 29.7 Å². The van der Waals surface area contributed by atoms with Gasteiger partial charge in [-0.25, -0.2) is 14.2 Å². The van der Waals surface area contributed by atoms with Crippen LogP contribution in [0.4, 0.5) is 9.18 Å². The first-order valence-electron chi connectivity index (χ1n) is 8.91. The number of hydrogen-bond acceptors (Lipinski definition) is 2. The fraction of sp³-hybridized carbons (Fsp3) is 0.300. The molecule has 1 unspecified atom stereocenters. The Kier molecular flexibility index (Phi) is 4.56. The zero-order valence-corrected chi connectivity index (χ0v) is 14.4. The average Bonchev–Trinajstić information content (AvgIpc) is 3.11. The van der Waals surface area contributed by atoms with Gasteiger partial charge in [-0.15, -0.1) is 0 Å². The highest BCUT2D eigenvalue weighted by Crippen LogP contribution is 2.26. The Morgan fingerprint density at radius 3 is 2.88 bits per heavy atom. The Bertz CT molecular complexity index is 890. The number of piperidine rings is 1. The molecule has 1 aliphatic rings. The van der Waals surface area contributed by atoms with E-state index in [2.05, 4.69) is 15.3 Å². The molecule has 4 rings (SSSR count). The third-order valence-corrected chi connectivity index (χ3v) is 4.89. The van der Waals surface area contributed by atoms with Gasteiger partial charge in [0.2, 0.25) is 0 Å². The first-order chi connectivity index (χ1) is 12.7. The summed E-state index contributed by atoms with van der Waals surface area (Å²) in [6, 6.07) is 14.3. The number of rotatable bonds is 3. The Morgan fingerprint density at radius 1 is 1.23 bits per heavy atom. The summed E-state index contributed by atoms with van der Waals surface area (Å²) in [6.07, 6.45) is 1.92. The number of nitrogens with zero attached hydrogens (tertiary/aromatic N) is 2. The second kappa shape index (κ2) is 7.15. The van der Waals surface area contributed by atoms with Gasteiger partial charge in [0.25, 0.3) is 0 Å². The van der Waals surface area contributed by atoms with E-state index >= 15 is 0 Å². The normalized spacial score (nSPS) is 17.4. The van der Waals surface area contributed by atoms with E-state index in [4.69, 9.17) is 0 Å². The summed E-state index contributed by atoms with van der Waals surface area (Å²) in [5.74, 6) is 0.819. The van der Waals surface area contributed by atoms with Crippen LogP contribution >= 0.6 is 0 Å². The molecule has 134 valence electrons. The molecular formula is C20H21FN4O. The van der Waals surface area contributed by atoms with Crippen LogP contribution in [0.25, 0.3) is 11.0 Å². The molecule has 1 aromatic heterocycles. The van der Waals surface area contributed by atoms with Crippen LogP contribution in [0.15, 0.2) is 48.5 Å². The predicted molar refractivity (Wildman–Crippen MR) is 98.3 cm³/mol. The second-order valence-corrected chi connectivity index (χ2v) is 6.67. The van der Waals surface area contributed by atoms with Gasteiger partial charge in [0.05, 0.1) is 11.0 Å². The average molecular weight is 352 g/mol. The number of fused-ring (bicyclic) bond motifs is 1. The maximum atomic E-state index is 13.7. The number of carbonyl (C=O) groups is 1. The molecule has 1 atom stereocenters. The van der Waals surface area contributed by atoms with Crippen molar-refractivity contribution in [3.8, 4) is 0 Å². The van der Waals surface area contributed by atoms with E-state index in [0.29, 0.717) is 18.7 Å². The number of nitrogens with one attached hydrogen (secondary N) is 2. The molecule has 0 spiro atoms. The van der Waals surface area contributed by atoms with E-state index in [1.807, 2.05) is 24.3 Å². The zero-order chi connectivity index (χ0) is 17.9. The third-order valence-electron chi connectivity index (χ3n) is 4.89. The molecule has 6 heteroatoms. The summed E-state index contributed by atoms with van der Waals surface area (Å²) < 4.78 is 13.7. The first-order valence-corrected chi connectivity index (χ1v) is 8.91. The van der Waals surface area contributed by atoms with Gasteiger partial charge in [-0.3, -0.25) is 0 Å². The van der Waals surface area contributed by atoms with Crippen molar-refractivity contribution in [2.24, 2.45) is 0 Å². The monoisotopic (exact) mass is 352 g/mol. The topological polar surface area (TPSA) is 61.0 Å². The molecule has 1 saturated heterocycles. The number of benzene rings is 2. The maximum Gasteiger partial charge on any atom is 0.317 e. The van der Waals surface area contributed by atoms with Gasteiger partial charge in [-0.1, -0.05) is 30.3 Å². The molecule has 5 nitrogen and oxygen atoms in total. The lowest BCUT2D eigenvalue weighted by molar-refractivity contribution is 0.178. The Morgan fingerprint density at radius 2 is 2.04 bits per heavy atom. The van der Waals surface area contributed by atoms with Gasteiger partial charge >= 0.3 is 6.03 Å². The minimum Gasteiger partial charge on any atom is -0.342 e. The molecule has 26 heavy (non-hydrogen) atoms. The van der Waals surface area contributed by atoms with Crippen molar-refractivity contribution in [2.45, 2.75) is 25.3 Å². The molecule has 1 aliphatic heterocycles. The molecule has 3 aromatic rings. The third kappa shape index (κ3) is 3.40. The minimum atomic E-state index is -0.299. The second-order valence-electron chi connectivity index (χ2n) is 6.67. The van der Waals surface area contributed by atoms with Crippen molar-refractivity contribution in [3.63, 3.8) is 0 Å². The number of carbonyl (C=O) groups excluding carboxylic acids is 1. The van der Waals surface area contributed by atoms with Crippen LogP contribution in [0, 0.1) is 5.82 Å². The van der Waals surface area contributed by atoms with E-state index in [-0.39, 0.29) is 24.3 Å².